The van der Waals surface area contributed by atoms with Gasteiger partial charge >= 0.3 is 0 Å². The summed E-state index contributed by atoms with van der Waals surface area (Å²) in [5, 5.41) is 12.8. The van der Waals surface area contributed by atoms with Crippen molar-refractivity contribution in [2.45, 2.75) is 11.6 Å². The Morgan fingerprint density at radius 1 is 1.53 bits per heavy atom. The highest BCUT2D eigenvalue weighted by atomic mass is 32.2. The summed E-state index contributed by atoms with van der Waals surface area (Å²) in [6.45, 7) is 0.493. The molecule has 0 spiro atoms. The number of aromatic nitrogens is 2. The van der Waals surface area contributed by atoms with Gasteiger partial charge in [-0.3, -0.25) is 0 Å². The van der Waals surface area contributed by atoms with Crippen LogP contribution in [0.4, 0.5) is 5.82 Å². The summed E-state index contributed by atoms with van der Waals surface area (Å²) in [6.07, 6.45) is 4.92. The van der Waals surface area contributed by atoms with Crippen molar-refractivity contribution in [3.8, 4) is 6.07 Å². The number of thioether (sulfide) groups is 1. The molecule has 0 aliphatic carbocycles. The van der Waals surface area contributed by atoms with Gasteiger partial charge in [-0.25, -0.2) is 9.97 Å². The van der Waals surface area contributed by atoms with E-state index in [2.05, 4.69) is 21.4 Å². The van der Waals surface area contributed by atoms with Crippen LogP contribution in [0.2, 0.25) is 0 Å². The monoisotopic (exact) mass is 246 g/mol. The van der Waals surface area contributed by atoms with Gasteiger partial charge in [0, 0.05) is 0 Å². The molecule has 86 valence electrons. The molecule has 0 bridgehead atoms. The van der Waals surface area contributed by atoms with Gasteiger partial charge in [0.25, 0.3) is 0 Å². The number of nitriles is 1. The van der Waals surface area contributed by atoms with Crippen LogP contribution in [0.25, 0.3) is 0 Å². The molecule has 2 heterocycles. The average Bonchev–Trinajstić information content (AvgIpc) is 2.88. The van der Waals surface area contributed by atoms with Crippen molar-refractivity contribution in [2.75, 3.05) is 11.6 Å². The first-order valence-corrected chi connectivity index (χ1v) is 6.13. The van der Waals surface area contributed by atoms with Gasteiger partial charge in [0.1, 0.15) is 34.6 Å². The molecule has 0 unspecified atom stereocenters. The molecule has 17 heavy (non-hydrogen) atoms. The van der Waals surface area contributed by atoms with Crippen LogP contribution in [0.5, 0.6) is 0 Å². The van der Waals surface area contributed by atoms with E-state index in [1.807, 2.05) is 18.4 Å². The lowest BCUT2D eigenvalue weighted by Crippen LogP contribution is -2.04. The molecule has 0 saturated heterocycles. The summed E-state index contributed by atoms with van der Waals surface area (Å²) < 4.78 is 5.19. The summed E-state index contributed by atoms with van der Waals surface area (Å²) in [5.74, 6) is 1.32. The maximum Gasteiger partial charge on any atom is 0.148 e. The predicted octanol–water partition coefficient (Wildman–Crippen LogP) is 2.28. The molecular weight excluding hydrogens is 236 g/mol. The van der Waals surface area contributed by atoms with E-state index >= 15 is 0 Å². The molecule has 0 radical (unpaired) electrons. The predicted molar refractivity (Wildman–Crippen MR) is 64.6 cm³/mol. The molecule has 0 fully saturated rings. The molecule has 2 rings (SSSR count). The zero-order valence-corrected chi connectivity index (χ0v) is 9.99. The Kier molecular flexibility index (Phi) is 3.62. The normalized spacial score (nSPS) is 9.88. The van der Waals surface area contributed by atoms with Crippen LogP contribution in [0.1, 0.15) is 11.3 Å². The lowest BCUT2D eigenvalue weighted by Gasteiger charge is -2.06. The topological polar surface area (TPSA) is 74.7 Å². The van der Waals surface area contributed by atoms with Crippen LogP contribution >= 0.6 is 11.8 Å². The largest absolute Gasteiger partial charge is 0.467 e. The van der Waals surface area contributed by atoms with E-state index in [-0.39, 0.29) is 0 Å². The molecule has 0 atom stereocenters. The van der Waals surface area contributed by atoms with Crippen molar-refractivity contribution >= 4 is 17.6 Å². The number of hydrogen-bond donors (Lipinski definition) is 1. The van der Waals surface area contributed by atoms with Gasteiger partial charge in [0.05, 0.1) is 12.8 Å². The zero-order valence-electron chi connectivity index (χ0n) is 9.17. The molecule has 0 aliphatic rings. The van der Waals surface area contributed by atoms with Crippen LogP contribution in [-0.4, -0.2) is 16.2 Å². The van der Waals surface area contributed by atoms with Crippen molar-refractivity contribution in [2.24, 2.45) is 0 Å². The fourth-order valence-electron chi connectivity index (χ4n) is 1.34. The van der Waals surface area contributed by atoms with E-state index in [1.165, 1.54) is 18.1 Å². The van der Waals surface area contributed by atoms with Crippen LogP contribution < -0.4 is 5.32 Å². The second-order valence-electron chi connectivity index (χ2n) is 3.15. The number of anilines is 1. The molecule has 2 aromatic rings. The van der Waals surface area contributed by atoms with E-state index in [0.29, 0.717) is 23.0 Å². The highest BCUT2D eigenvalue weighted by molar-refractivity contribution is 7.98. The Morgan fingerprint density at radius 3 is 3.06 bits per heavy atom. The summed E-state index contributed by atoms with van der Waals surface area (Å²) in [6, 6.07) is 5.78. The maximum atomic E-state index is 9.08. The van der Waals surface area contributed by atoms with Gasteiger partial charge in [-0.1, -0.05) is 0 Å². The third kappa shape index (κ3) is 2.57. The van der Waals surface area contributed by atoms with Crippen molar-refractivity contribution in [1.82, 2.24) is 9.97 Å². The molecule has 2 aromatic heterocycles. The summed E-state index contributed by atoms with van der Waals surface area (Å²) in [5.41, 5.74) is 0.464. The fourth-order valence-corrected chi connectivity index (χ4v) is 1.84. The van der Waals surface area contributed by atoms with E-state index < -0.39 is 0 Å². The molecule has 0 saturated carbocycles. The van der Waals surface area contributed by atoms with Gasteiger partial charge in [0.15, 0.2) is 0 Å². The third-order valence-corrected chi connectivity index (χ3v) is 2.82. The summed E-state index contributed by atoms with van der Waals surface area (Å²) in [7, 11) is 0. The second-order valence-corrected chi connectivity index (χ2v) is 3.95. The smallest absolute Gasteiger partial charge is 0.148 e. The fraction of sp³-hybridized carbons (Fsp3) is 0.182. The zero-order chi connectivity index (χ0) is 12.1. The molecule has 0 amide bonds. The summed E-state index contributed by atoms with van der Waals surface area (Å²) >= 11 is 1.42. The lowest BCUT2D eigenvalue weighted by atomic mass is 10.3. The van der Waals surface area contributed by atoms with Gasteiger partial charge in [-0.15, -0.1) is 11.8 Å². The van der Waals surface area contributed by atoms with Crippen molar-refractivity contribution in [1.29, 1.82) is 5.26 Å². The first-order valence-electron chi connectivity index (χ1n) is 4.90. The standard InChI is InChI=1S/C11H10N4OS/c1-17-11-9(5-12)10(14-7-15-11)13-6-8-3-2-4-16-8/h2-4,7H,6H2,1H3,(H,13,14,15). The molecule has 5 nitrogen and oxygen atoms in total. The molecular formula is C11H10N4OS. The number of nitrogens with zero attached hydrogens (tertiary/aromatic N) is 3. The number of nitrogens with one attached hydrogen (secondary N) is 1. The van der Waals surface area contributed by atoms with Crippen molar-refractivity contribution in [3.05, 3.63) is 36.0 Å². The van der Waals surface area contributed by atoms with Crippen LogP contribution in [0, 0.1) is 11.3 Å². The number of hydrogen-bond acceptors (Lipinski definition) is 6. The third-order valence-electron chi connectivity index (χ3n) is 2.13. The first-order chi connectivity index (χ1) is 8.35. The average molecular weight is 246 g/mol. The van der Waals surface area contributed by atoms with E-state index in [0.717, 1.165) is 5.76 Å². The molecule has 0 aliphatic heterocycles. The Bertz CT molecular complexity index is 533. The quantitative estimate of drug-likeness (QED) is 0.659. The Balaban J connectivity index is 2.18. The second kappa shape index (κ2) is 5.37. The number of furan rings is 1. The Labute approximate surface area is 103 Å². The van der Waals surface area contributed by atoms with Gasteiger partial charge in [0.2, 0.25) is 0 Å². The maximum absolute atomic E-state index is 9.08. The van der Waals surface area contributed by atoms with Crippen LogP contribution in [0.3, 0.4) is 0 Å². The van der Waals surface area contributed by atoms with Crippen molar-refractivity contribution in [3.63, 3.8) is 0 Å². The highest BCUT2D eigenvalue weighted by Crippen LogP contribution is 2.22. The SMILES string of the molecule is CSc1ncnc(NCc2ccco2)c1C#N. The minimum absolute atomic E-state index is 0.464. The van der Waals surface area contributed by atoms with Gasteiger partial charge in [-0.2, -0.15) is 5.26 Å². The highest BCUT2D eigenvalue weighted by Gasteiger charge is 2.10. The van der Waals surface area contributed by atoms with Crippen LogP contribution in [0.15, 0.2) is 34.2 Å². The van der Waals surface area contributed by atoms with E-state index in [4.69, 9.17) is 9.68 Å². The Hall–Kier alpha value is -2.00. The lowest BCUT2D eigenvalue weighted by molar-refractivity contribution is 0.517. The minimum Gasteiger partial charge on any atom is -0.467 e. The summed E-state index contributed by atoms with van der Waals surface area (Å²) in [4.78, 5) is 8.10. The Morgan fingerprint density at radius 2 is 2.41 bits per heavy atom. The van der Waals surface area contributed by atoms with Gasteiger partial charge < -0.3 is 9.73 Å². The van der Waals surface area contributed by atoms with Gasteiger partial charge in [-0.05, 0) is 18.4 Å². The molecule has 6 heteroatoms. The van der Waals surface area contributed by atoms with E-state index in [1.54, 1.807) is 6.26 Å². The van der Waals surface area contributed by atoms with E-state index in [9.17, 15) is 0 Å². The van der Waals surface area contributed by atoms with Crippen LogP contribution in [-0.2, 0) is 6.54 Å². The number of rotatable bonds is 4. The minimum atomic E-state index is 0.464. The molecule has 1 N–H and O–H groups in total. The first kappa shape index (κ1) is 11.5. The molecule has 0 aromatic carbocycles. The van der Waals surface area contributed by atoms with Crippen molar-refractivity contribution < 1.29 is 4.42 Å².